The van der Waals surface area contributed by atoms with Crippen molar-refractivity contribution in [3.05, 3.63) is 52.8 Å². The Morgan fingerprint density at radius 3 is 2.47 bits per heavy atom. The van der Waals surface area contributed by atoms with Crippen molar-refractivity contribution >= 4 is 23.1 Å². The van der Waals surface area contributed by atoms with Crippen LogP contribution in [0.5, 0.6) is 0 Å². The van der Waals surface area contributed by atoms with Crippen molar-refractivity contribution in [2.24, 2.45) is 0 Å². The number of nitrogens with two attached hydrogens (primary N) is 1. The average molecular weight is 247 g/mol. The number of anilines is 1. The van der Waals surface area contributed by atoms with Gasteiger partial charge in [0.25, 0.3) is 5.69 Å². The molecule has 0 saturated carbocycles. The number of pyridine rings is 1. The minimum atomic E-state index is -0.490. The van der Waals surface area contributed by atoms with Gasteiger partial charge in [0.1, 0.15) is 5.69 Å². The van der Waals surface area contributed by atoms with E-state index in [0.29, 0.717) is 0 Å². The fraction of sp³-hybridized carbons (Fsp3) is 0. The Balaban J connectivity index is 2.24. The number of nitrogen functional groups attached to an aromatic ring is 1. The van der Waals surface area contributed by atoms with E-state index in [9.17, 15) is 10.1 Å². The third-order valence-corrected chi connectivity index (χ3v) is 3.08. The average Bonchev–Trinajstić information content (AvgIpc) is 2.30. The van der Waals surface area contributed by atoms with E-state index >= 15 is 0 Å². The van der Waals surface area contributed by atoms with Crippen molar-refractivity contribution in [2.75, 3.05) is 5.73 Å². The quantitative estimate of drug-likeness (QED) is 0.512. The Morgan fingerprint density at radius 2 is 1.88 bits per heavy atom. The first-order chi connectivity index (χ1) is 8.16. The number of nitro benzene ring substituents is 1. The molecule has 0 spiro atoms. The maximum atomic E-state index is 10.6. The van der Waals surface area contributed by atoms with Crippen LogP contribution in [0.3, 0.4) is 0 Å². The highest BCUT2D eigenvalue weighted by molar-refractivity contribution is 7.99. The third-order valence-electron chi connectivity index (χ3n) is 2.08. The SMILES string of the molecule is Nc1cc(Sc2ccncc2)ccc1[N+](=O)[O-]. The van der Waals surface area contributed by atoms with Gasteiger partial charge in [-0.05, 0) is 24.3 Å². The van der Waals surface area contributed by atoms with Crippen molar-refractivity contribution in [1.82, 2.24) is 4.98 Å². The molecule has 0 radical (unpaired) electrons. The summed E-state index contributed by atoms with van der Waals surface area (Å²) < 4.78 is 0. The molecule has 2 N–H and O–H groups in total. The summed E-state index contributed by atoms with van der Waals surface area (Å²) in [6.07, 6.45) is 3.38. The molecule has 0 saturated heterocycles. The fourth-order valence-corrected chi connectivity index (χ4v) is 2.16. The highest BCUT2D eigenvalue weighted by Gasteiger charge is 2.11. The lowest BCUT2D eigenvalue weighted by Crippen LogP contribution is -1.95. The molecular formula is C11H9N3O2S. The molecule has 86 valence electrons. The monoisotopic (exact) mass is 247 g/mol. The van der Waals surface area contributed by atoms with Gasteiger partial charge in [0.05, 0.1) is 4.92 Å². The zero-order valence-corrected chi connectivity index (χ0v) is 9.55. The number of nitro groups is 1. The van der Waals surface area contributed by atoms with Crippen LogP contribution >= 0.6 is 11.8 Å². The zero-order valence-electron chi connectivity index (χ0n) is 8.74. The Kier molecular flexibility index (Phi) is 3.24. The summed E-state index contributed by atoms with van der Waals surface area (Å²) in [5.41, 5.74) is 5.72. The second-order valence-corrected chi connectivity index (χ2v) is 4.41. The van der Waals surface area contributed by atoms with Gasteiger partial charge in [-0.3, -0.25) is 15.1 Å². The van der Waals surface area contributed by atoms with E-state index in [0.717, 1.165) is 9.79 Å². The predicted octanol–water partition coefficient (Wildman–Crippen LogP) is 2.72. The number of aromatic nitrogens is 1. The van der Waals surface area contributed by atoms with E-state index in [4.69, 9.17) is 5.73 Å². The van der Waals surface area contributed by atoms with Crippen LogP contribution in [0, 0.1) is 10.1 Å². The van der Waals surface area contributed by atoms with Crippen LogP contribution in [0.2, 0.25) is 0 Å². The molecule has 2 rings (SSSR count). The van der Waals surface area contributed by atoms with E-state index in [1.54, 1.807) is 24.5 Å². The minimum Gasteiger partial charge on any atom is -0.393 e. The molecule has 0 unspecified atom stereocenters. The van der Waals surface area contributed by atoms with E-state index in [1.165, 1.54) is 17.8 Å². The Labute approximate surface area is 102 Å². The Morgan fingerprint density at radius 1 is 1.18 bits per heavy atom. The van der Waals surface area contributed by atoms with E-state index in [1.807, 2.05) is 12.1 Å². The number of rotatable bonds is 3. The lowest BCUT2D eigenvalue weighted by atomic mass is 10.3. The highest BCUT2D eigenvalue weighted by Crippen LogP contribution is 2.31. The van der Waals surface area contributed by atoms with Gasteiger partial charge in [-0.1, -0.05) is 11.8 Å². The molecule has 0 aliphatic carbocycles. The molecule has 6 heteroatoms. The molecule has 1 aromatic heterocycles. The molecule has 0 bridgehead atoms. The summed E-state index contributed by atoms with van der Waals surface area (Å²) in [5.74, 6) is 0. The lowest BCUT2D eigenvalue weighted by Gasteiger charge is -2.02. The van der Waals surface area contributed by atoms with Crippen LogP contribution in [0.4, 0.5) is 11.4 Å². The summed E-state index contributed by atoms with van der Waals surface area (Å²) in [4.78, 5) is 15.9. The summed E-state index contributed by atoms with van der Waals surface area (Å²) >= 11 is 1.48. The van der Waals surface area contributed by atoms with Crippen molar-refractivity contribution in [3.63, 3.8) is 0 Å². The van der Waals surface area contributed by atoms with Crippen LogP contribution in [0.15, 0.2) is 52.5 Å². The summed E-state index contributed by atoms with van der Waals surface area (Å²) in [7, 11) is 0. The van der Waals surface area contributed by atoms with E-state index in [2.05, 4.69) is 4.98 Å². The highest BCUT2D eigenvalue weighted by atomic mass is 32.2. The van der Waals surface area contributed by atoms with Crippen molar-refractivity contribution in [3.8, 4) is 0 Å². The minimum absolute atomic E-state index is 0.0657. The molecule has 0 aliphatic rings. The fourth-order valence-electron chi connectivity index (χ4n) is 1.30. The van der Waals surface area contributed by atoms with E-state index in [-0.39, 0.29) is 11.4 Å². The van der Waals surface area contributed by atoms with Crippen LogP contribution in [0.1, 0.15) is 0 Å². The number of nitrogens with zero attached hydrogens (tertiary/aromatic N) is 2. The molecule has 0 aliphatic heterocycles. The van der Waals surface area contributed by atoms with Crippen molar-refractivity contribution in [2.45, 2.75) is 9.79 Å². The maximum absolute atomic E-state index is 10.6. The molecular weight excluding hydrogens is 238 g/mol. The number of hydrogen-bond donors (Lipinski definition) is 1. The summed E-state index contributed by atoms with van der Waals surface area (Å²) in [6, 6.07) is 8.42. The van der Waals surface area contributed by atoms with Gasteiger partial charge in [0.15, 0.2) is 0 Å². The molecule has 2 aromatic rings. The van der Waals surface area contributed by atoms with Crippen LogP contribution in [0.25, 0.3) is 0 Å². The van der Waals surface area contributed by atoms with E-state index < -0.39 is 4.92 Å². The van der Waals surface area contributed by atoms with Gasteiger partial charge >= 0.3 is 0 Å². The second kappa shape index (κ2) is 4.84. The molecule has 5 nitrogen and oxygen atoms in total. The topological polar surface area (TPSA) is 82.0 Å². The normalized spacial score (nSPS) is 10.1. The summed E-state index contributed by atoms with van der Waals surface area (Å²) in [5, 5.41) is 10.6. The predicted molar refractivity (Wildman–Crippen MR) is 65.9 cm³/mol. The maximum Gasteiger partial charge on any atom is 0.292 e. The molecule has 17 heavy (non-hydrogen) atoms. The van der Waals surface area contributed by atoms with Gasteiger partial charge in [0, 0.05) is 28.3 Å². The molecule has 1 aromatic carbocycles. The van der Waals surface area contributed by atoms with Gasteiger partial charge in [-0.15, -0.1) is 0 Å². The van der Waals surface area contributed by atoms with Gasteiger partial charge in [-0.2, -0.15) is 0 Å². The first kappa shape index (κ1) is 11.4. The lowest BCUT2D eigenvalue weighted by molar-refractivity contribution is -0.383. The molecule has 1 heterocycles. The standard InChI is InChI=1S/C11H9N3O2S/c12-10-7-9(1-2-11(10)14(15)16)17-8-3-5-13-6-4-8/h1-7H,12H2. The zero-order chi connectivity index (χ0) is 12.3. The van der Waals surface area contributed by atoms with Crippen LogP contribution in [-0.2, 0) is 0 Å². The second-order valence-electron chi connectivity index (χ2n) is 3.26. The third kappa shape index (κ3) is 2.73. The van der Waals surface area contributed by atoms with Crippen molar-refractivity contribution < 1.29 is 4.92 Å². The summed E-state index contributed by atoms with van der Waals surface area (Å²) in [6.45, 7) is 0. The Bertz CT molecular complexity index is 546. The largest absolute Gasteiger partial charge is 0.393 e. The van der Waals surface area contributed by atoms with Crippen molar-refractivity contribution in [1.29, 1.82) is 0 Å². The van der Waals surface area contributed by atoms with Gasteiger partial charge < -0.3 is 5.73 Å². The molecule has 0 fully saturated rings. The Hall–Kier alpha value is -2.08. The van der Waals surface area contributed by atoms with Gasteiger partial charge in [0.2, 0.25) is 0 Å². The molecule has 0 atom stereocenters. The van der Waals surface area contributed by atoms with Gasteiger partial charge in [-0.25, -0.2) is 0 Å². The number of hydrogen-bond acceptors (Lipinski definition) is 5. The smallest absolute Gasteiger partial charge is 0.292 e. The van der Waals surface area contributed by atoms with Crippen LogP contribution in [-0.4, -0.2) is 9.91 Å². The first-order valence-corrected chi connectivity index (χ1v) is 5.60. The van der Waals surface area contributed by atoms with Crippen LogP contribution < -0.4 is 5.73 Å². The first-order valence-electron chi connectivity index (χ1n) is 4.78. The number of benzene rings is 1. The molecule has 0 amide bonds.